The monoisotopic (exact) mass is 554 g/mol. The lowest BCUT2D eigenvalue weighted by Gasteiger charge is -2.38. The highest BCUT2D eigenvalue weighted by Crippen LogP contribution is 2.39. The first-order valence-corrected chi connectivity index (χ1v) is 14.0. The van der Waals surface area contributed by atoms with Crippen LogP contribution in [-0.4, -0.2) is 46.5 Å². The minimum Gasteiger partial charge on any atom is -0.508 e. The van der Waals surface area contributed by atoms with Gasteiger partial charge >= 0.3 is 0 Å². The fourth-order valence-corrected chi connectivity index (χ4v) is 5.33. The molecule has 0 saturated carbocycles. The Bertz CT molecular complexity index is 1430. The predicted molar refractivity (Wildman–Crippen MR) is 159 cm³/mol. The summed E-state index contributed by atoms with van der Waals surface area (Å²) in [4.78, 5) is 2.04. The number of aliphatic hydroxyl groups excluding tert-OH is 2. The van der Waals surface area contributed by atoms with Gasteiger partial charge in [-0.2, -0.15) is 0 Å². The highest BCUT2D eigenvalue weighted by atomic mass is 16.7. The number of hydrogen-bond donors (Lipinski definition) is 4. The van der Waals surface area contributed by atoms with Gasteiger partial charge in [-0.05, 0) is 64.7 Å². The largest absolute Gasteiger partial charge is 0.508 e. The van der Waals surface area contributed by atoms with Crippen LogP contribution in [0.5, 0.6) is 5.75 Å². The van der Waals surface area contributed by atoms with Crippen LogP contribution in [0.3, 0.4) is 0 Å². The van der Waals surface area contributed by atoms with Crippen molar-refractivity contribution >= 4 is 0 Å². The Kier molecular flexibility index (Phi) is 9.46. The average molecular weight is 555 g/mol. The highest BCUT2D eigenvalue weighted by molar-refractivity contribution is 5.65. The first-order chi connectivity index (χ1) is 19.9. The van der Waals surface area contributed by atoms with Crippen molar-refractivity contribution in [2.24, 2.45) is 5.73 Å². The molecule has 7 heteroatoms. The van der Waals surface area contributed by atoms with Gasteiger partial charge < -0.3 is 35.4 Å². The zero-order valence-corrected chi connectivity index (χ0v) is 23.3. The van der Waals surface area contributed by atoms with Gasteiger partial charge in [-0.3, -0.25) is 0 Å². The molecule has 41 heavy (non-hydrogen) atoms. The quantitative estimate of drug-likeness (QED) is 0.213. The summed E-state index contributed by atoms with van der Waals surface area (Å²) >= 11 is 0. The maximum atomic E-state index is 10.8. The number of likely N-dealkylation sites (N-methyl/N-ethyl adjacent to an activating group) is 1. The van der Waals surface area contributed by atoms with Crippen molar-refractivity contribution in [3.8, 4) is 16.9 Å². The zero-order valence-electron chi connectivity index (χ0n) is 23.3. The molecule has 0 radical (unpaired) electrons. The topological polar surface area (TPSA) is 108 Å². The molecule has 1 fully saturated rings. The van der Waals surface area contributed by atoms with Gasteiger partial charge in [0.1, 0.15) is 5.75 Å². The third kappa shape index (κ3) is 7.40. The van der Waals surface area contributed by atoms with E-state index < -0.39 is 12.4 Å². The summed E-state index contributed by atoms with van der Waals surface area (Å²) < 4.78 is 13.1. The molecule has 4 aromatic carbocycles. The minimum atomic E-state index is -0.745. The van der Waals surface area contributed by atoms with Crippen molar-refractivity contribution in [3.05, 3.63) is 125 Å². The van der Waals surface area contributed by atoms with Crippen molar-refractivity contribution in [1.29, 1.82) is 0 Å². The first-order valence-electron chi connectivity index (χ1n) is 14.0. The Morgan fingerprint density at radius 1 is 0.854 bits per heavy atom. The number of aromatic hydroxyl groups is 1. The van der Waals surface area contributed by atoms with Crippen LogP contribution in [0.2, 0.25) is 0 Å². The van der Waals surface area contributed by atoms with Crippen LogP contribution < -0.4 is 5.73 Å². The summed E-state index contributed by atoms with van der Waals surface area (Å²) in [6.07, 6.45) is -1.06. The highest BCUT2D eigenvalue weighted by Gasteiger charge is 2.33. The number of ether oxygens (including phenoxy) is 2. The molecule has 0 spiro atoms. The molecule has 0 bridgehead atoms. The maximum absolute atomic E-state index is 10.8. The van der Waals surface area contributed by atoms with E-state index in [0.717, 1.165) is 33.4 Å². The zero-order chi connectivity index (χ0) is 28.8. The smallest absolute Gasteiger partial charge is 0.184 e. The van der Waals surface area contributed by atoms with E-state index in [-0.39, 0.29) is 24.6 Å². The van der Waals surface area contributed by atoms with Crippen molar-refractivity contribution in [1.82, 2.24) is 4.90 Å². The lowest BCUT2D eigenvalue weighted by Crippen LogP contribution is -2.39. The second-order valence-corrected chi connectivity index (χ2v) is 10.7. The molecule has 1 aliphatic rings. The Labute approximate surface area is 241 Å². The Balaban J connectivity index is 1.36. The number of benzene rings is 4. The first kappa shape index (κ1) is 29.0. The van der Waals surface area contributed by atoms with Crippen LogP contribution in [0.4, 0.5) is 0 Å². The van der Waals surface area contributed by atoms with Gasteiger partial charge in [0.15, 0.2) is 6.29 Å². The third-order valence-corrected chi connectivity index (χ3v) is 7.52. The van der Waals surface area contributed by atoms with Crippen molar-refractivity contribution < 1.29 is 24.8 Å². The van der Waals surface area contributed by atoms with E-state index in [1.165, 1.54) is 0 Å². The molecule has 5 rings (SSSR count). The molecule has 0 aliphatic carbocycles. The molecule has 1 saturated heterocycles. The molecular formula is C34H38N2O5. The summed E-state index contributed by atoms with van der Waals surface area (Å²) in [5.74, 6) is 0.131. The van der Waals surface area contributed by atoms with Crippen LogP contribution in [0.25, 0.3) is 11.1 Å². The van der Waals surface area contributed by atoms with Crippen LogP contribution >= 0.6 is 0 Å². The molecule has 0 amide bonds. The third-order valence-electron chi connectivity index (χ3n) is 7.52. The Morgan fingerprint density at radius 3 is 2.32 bits per heavy atom. The molecular weight excluding hydrogens is 516 g/mol. The molecule has 4 unspecified atom stereocenters. The van der Waals surface area contributed by atoms with Gasteiger partial charge in [-0.15, -0.1) is 0 Å². The number of phenols is 1. The van der Waals surface area contributed by atoms with Crippen molar-refractivity contribution in [2.45, 2.75) is 44.2 Å². The van der Waals surface area contributed by atoms with Crippen LogP contribution in [-0.2, 0) is 22.6 Å². The molecule has 4 aromatic rings. The second kappa shape index (κ2) is 13.4. The fraction of sp³-hybridized carbons (Fsp3) is 0.294. The lowest BCUT2D eigenvalue weighted by atomic mass is 9.98. The average Bonchev–Trinajstić information content (AvgIpc) is 3.01. The van der Waals surface area contributed by atoms with E-state index in [4.69, 9.17) is 15.2 Å². The SMILES string of the molecule is CN(CC1CC(c2ccc(CO)cc2)OC(c2cccc(-c3cccc(CN)c3)c2)O1)CC(O)c1cccc(O)c1. The fourth-order valence-electron chi connectivity index (χ4n) is 5.33. The summed E-state index contributed by atoms with van der Waals surface area (Å²) in [5, 5.41) is 30.1. The molecule has 0 aromatic heterocycles. The van der Waals surface area contributed by atoms with E-state index >= 15 is 0 Å². The molecule has 1 aliphatic heterocycles. The second-order valence-electron chi connectivity index (χ2n) is 10.7. The number of nitrogens with zero attached hydrogens (tertiary/aromatic N) is 1. The number of phenolic OH excluding ortho intramolecular Hbond substituents is 1. The van der Waals surface area contributed by atoms with Gasteiger partial charge in [0, 0.05) is 31.6 Å². The van der Waals surface area contributed by atoms with Gasteiger partial charge in [0.05, 0.1) is 24.9 Å². The standard InChI is InChI=1S/C34H38N2O5/c1-36(21-32(39)28-8-4-10-30(38)17-28)20-31-18-33(25-13-11-23(22-37)12-14-25)41-34(40-31)29-9-3-7-27(16-29)26-6-2-5-24(15-26)19-35/h2-17,31-34,37-39H,18-22,35H2,1H3. The van der Waals surface area contributed by atoms with E-state index in [9.17, 15) is 15.3 Å². The molecule has 4 atom stereocenters. The number of aliphatic hydroxyl groups is 2. The normalized spacial score (nSPS) is 19.8. The van der Waals surface area contributed by atoms with E-state index in [0.29, 0.717) is 31.6 Å². The predicted octanol–water partition coefficient (Wildman–Crippen LogP) is 5.22. The lowest BCUT2D eigenvalue weighted by molar-refractivity contribution is -0.252. The molecule has 5 N–H and O–H groups in total. The van der Waals surface area contributed by atoms with Crippen LogP contribution in [0.15, 0.2) is 97.1 Å². The van der Waals surface area contributed by atoms with Gasteiger partial charge in [0.2, 0.25) is 0 Å². The summed E-state index contributed by atoms with van der Waals surface area (Å²) in [6, 6.07) is 31.0. The van der Waals surface area contributed by atoms with Crippen LogP contribution in [0, 0.1) is 0 Å². The van der Waals surface area contributed by atoms with Gasteiger partial charge in [-0.25, -0.2) is 0 Å². The van der Waals surface area contributed by atoms with E-state index in [1.807, 2.05) is 66.5 Å². The van der Waals surface area contributed by atoms with Gasteiger partial charge in [0.25, 0.3) is 0 Å². The van der Waals surface area contributed by atoms with Crippen LogP contribution in [0.1, 0.15) is 52.7 Å². The minimum absolute atomic E-state index is 0.00930. The Hall–Kier alpha value is -3.56. The summed E-state index contributed by atoms with van der Waals surface area (Å²) in [6.45, 7) is 1.44. The van der Waals surface area contributed by atoms with Crippen molar-refractivity contribution in [3.63, 3.8) is 0 Å². The molecule has 1 heterocycles. The maximum Gasteiger partial charge on any atom is 0.184 e. The summed E-state index contributed by atoms with van der Waals surface area (Å²) in [5.41, 5.74) is 12.5. The molecule has 7 nitrogen and oxygen atoms in total. The van der Waals surface area contributed by atoms with Crippen molar-refractivity contribution in [2.75, 3.05) is 20.1 Å². The number of hydrogen-bond acceptors (Lipinski definition) is 7. The summed E-state index contributed by atoms with van der Waals surface area (Å²) in [7, 11) is 1.95. The van der Waals surface area contributed by atoms with Gasteiger partial charge in [-0.1, -0.05) is 72.8 Å². The molecule has 214 valence electrons. The number of rotatable bonds is 10. The number of nitrogens with two attached hydrogens (primary N) is 1. The van der Waals surface area contributed by atoms with E-state index in [1.54, 1.807) is 18.2 Å². The van der Waals surface area contributed by atoms with E-state index in [2.05, 4.69) is 24.3 Å². The Morgan fingerprint density at radius 2 is 1.59 bits per heavy atom.